The third-order valence-electron chi connectivity index (χ3n) is 4.50. The van der Waals surface area contributed by atoms with Gasteiger partial charge in [-0.15, -0.1) is 0 Å². The van der Waals surface area contributed by atoms with Crippen LogP contribution in [0.25, 0.3) is 0 Å². The lowest BCUT2D eigenvalue weighted by atomic mass is 9.99. The highest BCUT2D eigenvalue weighted by Gasteiger charge is 2.21. The van der Waals surface area contributed by atoms with Crippen LogP contribution in [-0.4, -0.2) is 30.3 Å². The van der Waals surface area contributed by atoms with Gasteiger partial charge in [0.1, 0.15) is 6.54 Å². The molecule has 1 atom stereocenters. The van der Waals surface area contributed by atoms with Crippen LogP contribution in [0, 0.1) is 27.7 Å². The molecule has 0 radical (unpaired) electrons. The molecule has 0 aromatic heterocycles. The summed E-state index contributed by atoms with van der Waals surface area (Å²) >= 11 is 0. The van der Waals surface area contributed by atoms with E-state index in [9.17, 15) is 14.4 Å². The second kappa shape index (κ2) is 8.62. The third-order valence-corrected chi connectivity index (χ3v) is 4.50. The summed E-state index contributed by atoms with van der Waals surface area (Å²) in [5.41, 5.74) is 4.89. The highest BCUT2D eigenvalue weighted by molar-refractivity contribution is 6.02. The molecule has 1 amide bonds. The Hall–Kier alpha value is -2.95. The van der Waals surface area contributed by atoms with Crippen molar-refractivity contribution >= 4 is 17.7 Å². The zero-order valence-electron chi connectivity index (χ0n) is 16.4. The first-order valence-corrected chi connectivity index (χ1v) is 8.85. The lowest BCUT2D eigenvalue weighted by molar-refractivity contribution is -0.145. The van der Waals surface area contributed by atoms with Gasteiger partial charge in [-0.1, -0.05) is 23.8 Å². The first-order chi connectivity index (χ1) is 12.7. The third kappa shape index (κ3) is 5.26. The predicted molar refractivity (Wildman–Crippen MR) is 104 cm³/mol. The van der Waals surface area contributed by atoms with E-state index in [1.165, 1.54) is 6.92 Å². The number of ketones is 1. The number of Topliss-reactive ketones (excluding diaryl/α,β-unsaturated/α-hetero) is 1. The quantitative estimate of drug-likeness (QED) is 0.627. The molecule has 0 saturated heterocycles. The molecule has 1 N–H and O–H groups in total. The van der Waals surface area contributed by atoms with Crippen molar-refractivity contribution in [1.82, 2.24) is 5.32 Å². The molecule has 0 aliphatic carbocycles. The van der Waals surface area contributed by atoms with E-state index >= 15 is 0 Å². The molecule has 0 heterocycles. The van der Waals surface area contributed by atoms with E-state index in [1.54, 1.807) is 18.2 Å². The van der Waals surface area contributed by atoms with E-state index in [2.05, 4.69) is 5.32 Å². The SMILES string of the molecule is Cc1ccc(C)c(C(=O)[C@H](C)OC(=O)CNC(=O)c2ccc(C)c(C)c2)c1. The molecule has 142 valence electrons. The number of rotatable bonds is 6. The van der Waals surface area contributed by atoms with E-state index in [1.807, 2.05) is 45.9 Å². The summed E-state index contributed by atoms with van der Waals surface area (Å²) in [5, 5.41) is 2.53. The molecule has 2 rings (SSSR count). The Balaban J connectivity index is 1.92. The topological polar surface area (TPSA) is 72.5 Å². The Labute approximate surface area is 159 Å². The monoisotopic (exact) mass is 367 g/mol. The summed E-state index contributed by atoms with van der Waals surface area (Å²) in [7, 11) is 0. The molecule has 0 unspecified atom stereocenters. The van der Waals surface area contributed by atoms with Gasteiger partial charge in [0.25, 0.3) is 5.91 Å². The van der Waals surface area contributed by atoms with E-state index in [0.717, 1.165) is 22.3 Å². The van der Waals surface area contributed by atoms with Gasteiger partial charge in [0.15, 0.2) is 6.10 Å². The van der Waals surface area contributed by atoms with Gasteiger partial charge in [-0.05, 0) is 69.5 Å². The molecule has 0 aliphatic heterocycles. The van der Waals surface area contributed by atoms with Gasteiger partial charge < -0.3 is 10.1 Å². The molecule has 5 nitrogen and oxygen atoms in total. The predicted octanol–water partition coefficient (Wildman–Crippen LogP) is 3.46. The minimum atomic E-state index is -0.920. The first-order valence-electron chi connectivity index (χ1n) is 8.85. The molecular weight excluding hydrogens is 342 g/mol. The Morgan fingerprint density at radius 1 is 0.926 bits per heavy atom. The normalized spacial score (nSPS) is 11.6. The van der Waals surface area contributed by atoms with Gasteiger partial charge >= 0.3 is 5.97 Å². The summed E-state index contributed by atoms with van der Waals surface area (Å²) < 4.78 is 5.19. The lowest BCUT2D eigenvalue weighted by Gasteiger charge is -2.14. The minimum Gasteiger partial charge on any atom is -0.453 e. The fraction of sp³-hybridized carbons (Fsp3) is 0.318. The average Bonchev–Trinajstić information content (AvgIpc) is 2.63. The lowest BCUT2D eigenvalue weighted by Crippen LogP contribution is -2.34. The van der Waals surface area contributed by atoms with Gasteiger partial charge in [0.2, 0.25) is 5.78 Å². The maximum atomic E-state index is 12.5. The fourth-order valence-corrected chi connectivity index (χ4v) is 2.65. The van der Waals surface area contributed by atoms with Crippen LogP contribution in [0.5, 0.6) is 0 Å². The van der Waals surface area contributed by atoms with Crippen LogP contribution in [0.4, 0.5) is 0 Å². The smallest absolute Gasteiger partial charge is 0.326 e. The van der Waals surface area contributed by atoms with Gasteiger partial charge in [0.05, 0.1) is 0 Å². The summed E-state index contributed by atoms with van der Waals surface area (Å²) in [5.74, 6) is -1.27. The largest absolute Gasteiger partial charge is 0.453 e. The van der Waals surface area contributed by atoms with Crippen molar-refractivity contribution in [2.75, 3.05) is 6.54 Å². The average molecular weight is 367 g/mol. The van der Waals surface area contributed by atoms with Crippen LogP contribution in [0.15, 0.2) is 36.4 Å². The van der Waals surface area contributed by atoms with Crippen LogP contribution in [-0.2, 0) is 9.53 Å². The van der Waals surface area contributed by atoms with Crippen molar-refractivity contribution in [1.29, 1.82) is 0 Å². The Bertz CT molecular complexity index is 886. The number of carbonyl (C=O) groups excluding carboxylic acids is 3. The maximum absolute atomic E-state index is 12.5. The molecule has 5 heteroatoms. The summed E-state index contributed by atoms with van der Waals surface area (Å²) in [4.78, 5) is 36.7. The Morgan fingerprint density at radius 2 is 1.59 bits per heavy atom. The summed E-state index contributed by atoms with van der Waals surface area (Å²) in [6.45, 7) is 8.85. The molecule has 0 aliphatic rings. The molecule has 0 bridgehead atoms. The number of hydrogen-bond acceptors (Lipinski definition) is 4. The van der Waals surface area contributed by atoms with Gasteiger partial charge in [-0.2, -0.15) is 0 Å². The number of aryl methyl sites for hydroxylation is 4. The molecule has 2 aromatic carbocycles. The molecule has 0 saturated carbocycles. The molecule has 0 fully saturated rings. The zero-order chi connectivity index (χ0) is 20.1. The zero-order valence-corrected chi connectivity index (χ0v) is 16.4. The summed E-state index contributed by atoms with van der Waals surface area (Å²) in [6, 6.07) is 10.9. The van der Waals surface area contributed by atoms with Crippen molar-refractivity contribution in [3.05, 3.63) is 69.8 Å². The first kappa shape index (κ1) is 20.4. The number of esters is 1. The highest BCUT2D eigenvalue weighted by atomic mass is 16.5. The highest BCUT2D eigenvalue weighted by Crippen LogP contribution is 2.14. The molecular formula is C22H25NO4. The van der Waals surface area contributed by atoms with Crippen molar-refractivity contribution in [3.63, 3.8) is 0 Å². The van der Waals surface area contributed by atoms with Crippen LogP contribution in [0.3, 0.4) is 0 Å². The van der Waals surface area contributed by atoms with Crippen LogP contribution in [0.2, 0.25) is 0 Å². The number of hydrogen-bond donors (Lipinski definition) is 1. The Morgan fingerprint density at radius 3 is 2.26 bits per heavy atom. The van der Waals surface area contributed by atoms with E-state index in [-0.39, 0.29) is 18.2 Å². The molecule has 2 aromatic rings. The van der Waals surface area contributed by atoms with Crippen molar-refractivity contribution in [2.24, 2.45) is 0 Å². The minimum absolute atomic E-state index is 0.259. The van der Waals surface area contributed by atoms with Crippen LogP contribution < -0.4 is 5.32 Å². The van der Waals surface area contributed by atoms with Crippen molar-refractivity contribution in [2.45, 2.75) is 40.7 Å². The van der Waals surface area contributed by atoms with Crippen LogP contribution in [0.1, 0.15) is 49.9 Å². The van der Waals surface area contributed by atoms with Gasteiger partial charge in [0, 0.05) is 11.1 Å². The number of ether oxygens (including phenoxy) is 1. The fourth-order valence-electron chi connectivity index (χ4n) is 2.65. The van der Waals surface area contributed by atoms with Gasteiger partial charge in [-0.3, -0.25) is 14.4 Å². The van der Waals surface area contributed by atoms with Crippen molar-refractivity contribution in [3.8, 4) is 0 Å². The van der Waals surface area contributed by atoms with E-state index in [4.69, 9.17) is 4.74 Å². The van der Waals surface area contributed by atoms with Crippen LogP contribution >= 0.6 is 0 Å². The van der Waals surface area contributed by atoms with Crippen molar-refractivity contribution < 1.29 is 19.1 Å². The summed E-state index contributed by atoms with van der Waals surface area (Å²) in [6.07, 6.45) is -0.920. The number of benzene rings is 2. The standard InChI is InChI=1S/C22H25NO4/c1-13-6-7-15(3)19(10-13)21(25)17(5)27-20(24)12-23-22(26)18-9-8-14(2)16(4)11-18/h6-11,17H,12H2,1-5H3,(H,23,26)/t17-/m0/s1. The van der Waals surface area contributed by atoms with E-state index < -0.39 is 12.1 Å². The maximum Gasteiger partial charge on any atom is 0.326 e. The Kier molecular flexibility index (Phi) is 6.50. The number of carbonyl (C=O) groups is 3. The van der Waals surface area contributed by atoms with Gasteiger partial charge in [-0.25, -0.2) is 0 Å². The number of nitrogens with one attached hydrogen (secondary N) is 1. The second-order valence-electron chi connectivity index (χ2n) is 6.80. The second-order valence-corrected chi connectivity index (χ2v) is 6.80. The molecule has 27 heavy (non-hydrogen) atoms. The number of amides is 1. The molecule has 0 spiro atoms. The van der Waals surface area contributed by atoms with E-state index in [0.29, 0.717) is 11.1 Å².